The van der Waals surface area contributed by atoms with Crippen molar-refractivity contribution < 1.29 is 0 Å². The lowest BCUT2D eigenvalue weighted by Gasteiger charge is -2.03. The highest BCUT2D eigenvalue weighted by Gasteiger charge is 2.09. The Morgan fingerprint density at radius 3 is 2.75 bits per heavy atom. The van der Waals surface area contributed by atoms with Gasteiger partial charge in [0.1, 0.15) is 6.07 Å². The highest BCUT2D eigenvalue weighted by atomic mass is 35.5. The van der Waals surface area contributed by atoms with Crippen molar-refractivity contribution in [2.24, 2.45) is 0 Å². The van der Waals surface area contributed by atoms with Crippen molar-refractivity contribution in [1.82, 2.24) is 14.8 Å². The average molecular weight is 253 g/mol. The summed E-state index contributed by atoms with van der Waals surface area (Å²) in [6, 6.07) is 6.60. The van der Waals surface area contributed by atoms with E-state index in [9.17, 15) is 4.79 Å². The predicted molar refractivity (Wildman–Crippen MR) is 61.3 cm³/mol. The molecule has 0 saturated carbocycles. The molecule has 0 aliphatic carbocycles. The first-order valence-corrected chi connectivity index (χ1v) is 5.02. The van der Waals surface area contributed by atoms with Crippen molar-refractivity contribution in [2.75, 3.05) is 0 Å². The summed E-state index contributed by atoms with van der Waals surface area (Å²) in [7, 11) is 0. The molecule has 0 unspecified atom stereocenters. The minimum absolute atomic E-state index is 0.184. The molecule has 0 spiro atoms. The van der Waals surface area contributed by atoms with E-state index >= 15 is 0 Å². The molecule has 1 aromatic carbocycles. The molecule has 2 N–H and O–H groups in total. The van der Waals surface area contributed by atoms with Gasteiger partial charge in [0.05, 0.1) is 11.3 Å². The number of hydrogen-bond donors (Lipinski definition) is 2. The number of aromatic nitrogens is 3. The van der Waals surface area contributed by atoms with Crippen LogP contribution in [-0.4, -0.2) is 14.8 Å². The van der Waals surface area contributed by atoms with E-state index in [1.807, 2.05) is 6.07 Å². The normalized spacial score (nSPS) is 10.0. The Morgan fingerprint density at radius 2 is 2.19 bits per heavy atom. The summed E-state index contributed by atoms with van der Waals surface area (Å²) in [6.45, 7) is 0. The van der Waals surface area contributed by atoms with Gasteiger partial charge in [-0.3, -0.25) is 5.10 Å². The zero-order valence-corrected chi connectivity index (χ0v) is 9.39. The monoisotopic (exact) mass is 252 g/mol. The van der Waals surface area contributed by atoms with Gasteiger partial charge >= 0.3 is 5.69 Å². The number of halogens is 1. The summed E-state index contributed by atoms with van der Waals surface area (Å²) < 4.78 is 1.36. The fraction of sp³-hybridized carbons (Fsp3) is 0. The van der Waals surface area contributed by atoms with Crippen molar-refractivity contribution in [3.63, 3.8) is 0 Å². The minimum atomic E-state index is -0.441. The van der Waals surface area contributed by atoms with E-state index in [-0.39, 0.29) is 4.77 Å². The highest BCUT2D eigenvalue weighted by Crippen LogP contribution is 2.18. The first-order chi connectivity index (χ1) is 7.63. The molecule has 0 radical (unpaired) electrons. The lowest BCUT2D eigenvalue weighted by molar-refractivity contribution is 0.971. The van der Waals surface area contributed by atoms with Gasteiger partial charge in [-0.15, -0.1) is 0 Å². The average Bonchev–Trinajstić information content (AvgIpc) is 2.58. The third-order valence-corrected chi connectivity index (χ3v) is 2.52. The van der Waals surface area contributed by atoms with E-state index in [1.165, 1.54) is 16.7 Å². The Balaban J connectivity index is 2.84. The van der Waals surface area contributed by atoms with Crippen LogP contribution in [0.2, 0.25) is 5.02 Å². The molecule has 0 fully saturated rings. The molecule has 0 bridgehead atoms. The summed E-state index contributed by atoms with van der Waals surface area (Å²) in [5, 5.41) is 14.2. The Bertz CT molecular complexity index is 663. The molecule has 5 nitrogen and oxygen atoms in total. The molecule has 7 heteroatoms. The molecule has 0 saturated heterocycles. The second-order valence-corrected chi connectivity index (χ2v) is 3.79. The van der Waals surface area contributed by atoms with Crippen LogP contribution in [0.3, 0.4) is 0 Å². The number of hydrogen-bond acceptors (Lipinski definition) is 3. The number of nitrogens with one attached hydrogen (secondary N) is 2. The van der Waals surface area contributed by atoms with Crippen molar-refractivity contribution >= 4 is 23.8 Å². The number of nitrogens with zero attached hydrogens (tertiary/aromatic N) is 2. The van der Waals surface area contributed by atoms with Crippen molar-refractivity contribution in [3.8, 4) is 11.8 Å². The second-order valence-electron chi connectivity index (χ2n) is 2.97. The number of H-pyrrole nitrogens is 2. The van der Waals surface area contributed by atoms with Gasteiger partial charge in [0.25, 0.3) is 0 Å². The van der Waals surface area contributed by atoms with Crippen molar-refractivity contribution in [2.45, 2.75) is 0 Å². The van der Waals surface area contributed by atoms with Gasteiger partial charge in [-0.2, -0.15) is 5.26 Å². The summed E-state index contributed by atoms with van der Waals surface area (Å²) in [4.78, 5) is 11.5. The van der Waals surface area contributed by atoms with Crippen LogP contribution in [0, 0.1) is 16.1 Å². The standard InChI is InChI=1S/C9H5ClN4OS/c10-6-2-1-5(4-11)7(3-6)14-8(15)12-13-9(14)16/h1-3H,(H,12,15)(H,13,16). The van der Waals surface area contributed by atoms with Crippen LogP contribution in [0.15, 0.2) is 23.0 Å². The number of aromatic amines is 2. The van der Waals surface area contributed by atoms with Crippen molar-refractivity contribution in [3.05, 3.63) is 44.0 Å². The van der Waals surface area contributed by atoms with Gasteiger partial charge in [0.2, 0.25) is 4.77 Å². The third-order valence-electron chi connectivity index (χ3n) is 2.00. The summed E-state index contributed by atoms with van der Waals surface area (Å²) >= 11 is 10.7. The molecular formula is C9H5ClN4OS. The quantitative estimate of drug-likeness (QED) is 0.759. The second kappa shape index (κ2) is 3.96. The minimum Gasteiger partial charge on any atom is -0.272 e. The zero-order valence-electron chi connectivity index (χ0n) is 7.82. The van der Waals surface area contributed by atoms with E-state index in [1.54, 1.807) is 6.07 Å². The molecule has 80 valence electrons. The summed E-state index contributed by atoms with van der Waals surface area (Å²) in [6.07, 6.45) is 0. The maximum Gasteiger partial charge on any atom is 0.347 e. The van der Waals surface area contributed by atoms with Gasteiger partial charge in [-0.05, 0) is 30.4 Å². The van der Waals surface area contributed by atoms with E-state index < -0.39 is 5.69 Å². The molecule has 0 atom stereocenters. The fourth-order valence-electron chi connectivity index (χ4n) is 1.31. The topological polar surface area (TPSA) is 77.4 Å². The molecule has 0 amide bonds. The fourth-order valence-corrected chi connectivity index (χ4v) is 1.71. The highest BCUT2D eigenvalue weighted by molar-refractivity contribution is 7.71. The number of nitriles is 1. The van der Waals surface area contributed by atoms with Crippen LogP contribution < -0.4 is 5.69 Å². The molecule has 1 aromatic heterocycles. The van der Waals surface area contributed by atoms with Crippen LogP contribution >= 0.6 is 23.8 Å². The zero-order chi connectivity index (χ0) is 11.7. The van der Waals surface area contributed by atoms with Crippen molar-refractivity contribution in [1.29, 1.82) is 5.26 Å². The number of benzene rings is 1. The van der Waals surface area contributed by atoms with Gasteiger partial charge in [-0.25, -0.2) is 14.5 Å². The summed E-state index contributed by atoms with van der Waals surface area (Å²) in [5.41, 5.74) is 0.247. The first-order valence-electron chi connectivity index (χ1n) is 4.23. The predicted octanol–water partition coefficient (Wildman–Crippen LogP) is 1.75. The Morgan fingerprint density at radius 1 is 1.44 bits per heavy atom. The smallest absolute Gasteiger partial charge is 0.272 e. The van der Waals surface area contributed by atoms with E-state index in [0.29, 0.717) is 16.3 Å². The Labute approximate surface area is 99.9 Å². The lowest BCUT2D eigenvalue weighted by atomic mass is 10.2. The molecular weight excluding hydrogens is 248 g/mol. The van der Waals surface area contributed by atoms with E-state index in [0.717, 1.165) is 0 Å². The third kappa shape index (κ3) is 1.66. The molecule has 16 heavy (non-hydrogen) atoms. The molecule has 2 rings (SSSR count). The van der Waals surface area contributed by atoms with Gasteiger partial charge < -0.3 is 0 Å². The summed E-state index contributed by atoms with van der Waals surface area (Å²) in [5.74, 6) is 0. The number of rotatable bonds is 1. The van der Waals surface area contributed by atoms with E-state index in [4.69, 9.17) is 29.1 Å². The SMILES string of the molecule is N#Cc1ccc(Cl)cc1-n1c(=O)[nH][nH]c1=S. The Hall–Kier alpha value is -1.84. The Kier molecular flexibility index (Phi) is 2.64. The lowest BCUT2D eigenvalue weighted by Crippen LogP contribution is -2.16. The van der Waals surface area contributed by atoms with Crippen LogP contribution in [0.1, 0.15) is 5.56 Å². The molecule has 1 heterocycles. The van der Waals surface area contributed by atoms with Crippen LogP contribution in [0.4, 0.5) is 0 Å². The first kappa shape index (κ1) is 10.7. The van der Waals surface area contributed by atoms with Gasteiger partial charge in [-0.1, -0.05) is 11.6 Å². The molecule has 2 aromatic rings. The molecule has 0 aliphatic heterocycles. The van der Waals surface area contributed by atoms with Crippen LogP contribution in [0.5, 0.6) is 0 Å². The maximum absolute atomic E-state index is 11.5. The van der Waals surface area contributed by atoms with E-state index in [2.05, 4.69) is 10.2 Å². The van der Waals surface area contributed by atoms with Crippen LogP contribution in [-0.2, 0) is 0 Å². The van der Waals surface area contributed by atoms with Crippen LogP contribution in [0.25, 0.3) is 5.69 Å². The van der Waals surface area contributed by atoms with Gasteiger partial charge in [0, 0.05) is 5.02 Å². The largest absolute Gasteiger partial charge is 0.347 e. The maximum atomic E-state index is 11.5. The van der Waals surface area contributed by atoms with Gasteiger partial charge in [0.15, 0.2) is 0 Å². The molecule has 0 aliphatic rings.